The number of hydrogen-bond donors (Lipinski definition) is 0. The summed E-state index contributed by atoms with van der Waals surface area (Å²) in [6.45, 7) is 4.15. The summed E-state index contributed by atoms with van der Waals surface area (Å²) < 4.78 is 5.84. The van der Waals surface area contributed by atoms with Gasteiger partial charge in [0.25, 0.3) is 0 Å². The van der Waals surface area contributed by atoms with Crippen LogP contribution >= 0.6 is 0 Å². The molecule has 0 fully saturated rings. The Balaban J connectivity index is 0.00000176. The standard InChI is InChI=1S/C18H18O3.Na/c1-11(2)9-13-7-8-16-14(17(13)18(19)20)10-12-5-3-4-6-15(12)21-16;/h3-8,11H,9-10H2,1-2H3,(H,19,20);/q;+1/p-1. The van der Waals surface area contributed by atoms with Gasteiger partial charge in [0.1, 0.15) is 11.5 Å². The number of ether oxygens (including phenoxy) is 1. The smallest absolute Gasteiger partial charge is 0.545 e. The summed E-state index contributed by atoms with van der Waals surface area (Å²) in [5, 5.41) is 11.6. The van der Waals surface area contributed by atoms with Crippen molar-refractivity contribution in [3.63, 3.8) is 0 Å². The second kappa shape index (κ2) is 6.86. The number of para-hydroxylation sites is 1. The van der Waals surface area contributed by atoms with Crippen LogP contribution < -0.4 is 39.4 Å². The van der Waals surface area contributed by atoms with Crippen LogP contribution in [-0.4, -0.2) is 5.97 Å². The fourth-order valence-electron chi connectivity index (χ4n) is 2.87. The molecule has 0 bridgehead atoms. The van der Waals surface area contributed by atoms with Crippen molar-refractivity contribution in [2.45, 2.75) is 26.7 Å². The van der Waals surface area contributed by atoms with Crippen molar-refractivity contribution in [1.82, 2.24) is 0 Å². The maximum atomic E-state index is 11.6. The minimum atomic E-state index is -1.12. The number of carboxylic acids is 1. The summed E-state index contributed by atoms with van der Waals surface area (Å²) in [5.41, 5.74) is 2.86. The number of rotatable bonds is 3. The Morgan fingerprint density at radius 2 is 1.91 bits per heavy atom. The van der Waals surface area contributed by atoms with E-state index in [2.05, 4.69) is 13.8 Å². The average molecular weight is 304 g/mol. The van der Waals surface area contributed by atoms with Crippen LogP contribution in [0, 0.1) is 5.92 Å². The third-order valence-corrected chi connectivity index (χ3v) is 3.75. The summed E-state index contributed by atoms with van der Waals surface area (Å²) in [6.07, 6.45) is 1.29. The third kappa shape index (κ3) is 3.22. The molecule has 4 heteroatoms. The van der Waals surface area contributed by atoms with Crippen molar-refractivity contribution < 1.29 is 44.2 Å². The maximum Gasteiger partial charge on any atom is 1.00 e. The van der Waals surface area contributed by atoms with E-state index in [1.54, 1.807) is 0 Å². The molecule has 0 spiro atoms. The summed E-state index contributed by atoms with van der Waals surface area (Å²) >= 11 is 0. The van der Waals surface area contributed by atoms with Crippen LogP contribution in [0.4, 0.5) is 0 Å². The summed E-state index contributed by atoms with van der Waals surface area (Å²) in [7, 11) is 0. The molecule has 0 amide bonds. The topological polar surface area (TPSA) is 49.4 Å². The van der Waals surface area contributed by atoms with E-state index in [0.717, 1.165) is 28.9 Å². The zero-order valence-electron chi connectivity index (χ0n) is 13.2. The molecule has 0 radical (unpaired) electrons. The largest absolute Gasteiger partial charge is 1.00 e. The maximum absolute atomic E-state index is 11.6. The van der Waals surface area contributed by atoms with Crippen LogP contribution in [-0.2, 0) is 12.8 Å². The van der Waals surface area contributed by atoms with Crippen molar-refractivity contribution in [1.29, 1.82) is 0 Å². The number of carbonyl (C=O) groups is 1. The molecule has 0 N–H and O–H groups in total. The van der Waals surface area contributed by atoms with Gasteiger partial charge in [-0.2, -0.15) is 0 Å². The zero-order valence-corrected chi connectivity index (χ0v) is 15.2. The van der Waals surface area contributed by atoms with Crippen molar-refractivity contribution in [3.8, 4) is 11.5 Å². The number of carboxylic acid groups (broad SMARTS) is 1. The molecule has 0 aromatic heterocycles. The predicted octanol–water partition coefficient (Wildman–Crippen LogP) is -0.0509. The number of carbonyl (C=O) groups excluding carboxylic acids is 1. The van der Waals surface area contributed by atoms with Gasteiger partial charge in [-0.1, -0.05) is 38.1 Å². The molecule has 1 aliphatic rings. The molecule has 2 aromatic carbocycles. The normalized spacial score (nSPS) is 12.0. The van der Waals surface area contributed by atoms with Gasteiger partial charge in [0.05, 0.1) is 5.97 Å². The molecule has 0 saturated carbocycles. The van der Waals surface area contributed by atoms with Gasteiger partial charge in [-0.3, -0.25) is 0 Å². The van der Waals surface area contributed by atoms with Crippen molar-refractivity contribution in [2.24, 2.45) is 5.92 Å². The Morgan fingerprint density at radius 1 is 1.18 bits per heavy atom. The Hall–Kier alpha value is -1.29. The van der Waals surface area contributed by atoms with Gasteiger partial charge >= 0.3 is 29.6 Å². The van der Waals surface area contributed by atoms with Gasteiger partial charge in [-0.15, -0.1) is 0 Å². The van der Waals surface area contributed by atoms with Gasteiger partial charge in [0, 0.05) is 17.5 Å². The zero-order chi connectivity index (χ0) is 15.0. The van der Waals surface area contributed by atoms with E-state index in [-0.39, 0.29) is 29.6 Å². The first-order valence-electron chi connectivity index (χ1n) is 7.18. The monoisotopic (exact) mass is 304 g/mol. The SMILES string of the molecule is CC(C)Cc1ccc2c(c1C(=O)[O-])Cc1ccccc1O2.[Na+]. The van der Waals surface area contributed by atoms with E-state index in [9.17, 15) is 9.90 Å². The second-order valence-electron chi connectivity index (χ2n) is 5.85. The van der Waals surface area contributed by atoms with Crippen LogP contribution in [0.1, 0.15) is 40.9 Å². The number of fused-ring (bicyclic) bond motifs is 2. The minimum Gasteiger partial charge on any atom is -0.545 e. The Bertz CT molecular complexity index is 707. The quantitative estimate of drug-likeness (QED) is 0.638. The summed E-state index contributed by atoms with van der Waals surface area (Å²) in [6, 6.07) is 11.4. The van der Waals surface area contributed by atoms with E-state index in [0.29, 0.717) is 23.7 Å². The van der Waals surface area contributed by atoms with Gasteiger partial charge in [-0.25, -0.2) is 0 Å². The number of aromatic carboxylic acids is 1. The summed E-state index contributed by atoms with van der Waals surface area (Å²) in [5.74, 6) is 0.690. The number of hydrogen-bond acceptors (Lipinski definition) is 3. The first-order valence-corrected chi connectivity index (χ1v) is 7.18. The molecule has 0 saturated heterocycles. The van der Waals surface area contributed by atoms with E-state index in [4.69, 9.17) is 4.74 Å². The van der Waals surface area contributed by atoms with Crippen LogP contribution in [0.5, 0.6) is 11.5 Å². The molecule has 108 valence electrons. The number of benzene rings is 2. The predicted molar refractivity (Wildman–Crippen MR) is 78.6 cm³/mol. The van der Waals surface area contributed by atoms with E-state index in [1.165, 1.54) is 0 Å². The molecular weight excluding hydrogens is 287 g/mol. The molecule has 22 heavy (non-hydrogen) atoms. The van der Waals surface area contributed by atoms with Crippen molar-refractivity contribution in [3.05, 3.63) is 58.7 Å². The minimum absolute atomic E-state index is 0. The molecular formula is C18H17NaO3. The molecule has 2 aromatic rings. The molecule has 0 unspecified atom stereocenters. The van der Waals surface area contributed by atoms with Gasteiger partial charge in [0.15, 0.2) is 0 Å². The Kier molecular flexibility index (Phi) is 5.32. The molecule has 0 atom stereocenters. The average Bonchev–Trinajstić information content (AvgIpc) is 2.44. The van der Waals surface area contributed by atoms with Crippen LogP contribution in [0.3, 0.4) is 0 Å². The fourth-order valence-corrected chi connectivity index (χ4v) is 2.87. The van der Waals surface area contributed by atoms with Crippen molar-refractivity contribution in [2.75, 3.05) is 0 Å². The van der Waals surface area contributed by atoms with E-state index in [1.807, 2.05) is 36.4 Å². The van der Waals surface area contributed by atoms with Crippen LogP contribution in [0.15, 0.2) is 36.4 Å². The molecule has 0 aliphatic carbocycles. The molecule has 3 rings (SSSR count). The summed E-state index contributed by atoms with van der Waals surface area (Å²) in [4.78, 5) is 11.6. The first kappa shape index (κ1) is 17.1. The molecule has 1 heterocycles. The van der Waals surface area contributed by atoms with E-state index >= 15 is 0 Å². The van der Waals surface area contributed by atoms with E-state index < -0.39 is 5.97 Å². The van der Waals surface area contributed by atoms with Gasteiger partial charge in [-0.05, 0) is 35.6 Å². The molecule has 1 aliphatic heterocycles. The first-order chi connectivity index (χ1) is 10.1. The van der Waals surface area contributed by atoms with Gasteiger partial charge < -0.3 is 14.6 Å². The van der Waals surface area contributed by atoms with Gasteiger partial charge in [0.2, 0.25) is 0 Å². The Labute approximate surface area is 152 Å². The van der Waals surface area contributed by atoms with Crippen LogP contribution in [0.25, 0.3) is 0 Å². The van der Waals surface area contributed by atoms with Crippen molar-refractivity contribution >= 4 is 5.97 Å². The van der Waals surface area contributed by atoms with Crippen LogP contribution in [0.2, 0.25) is 0 Å². The fraction of sp³-hybridized carbons (Fsp3) is 0.278. The molecule has 3 nitrogen and oxygen atoms in total. The third-order valence-electron chi connectivity index (χ3n) is 3.75. The Morgan fingerprint density at radius 3 is 2.59 bits per heavy atom. The second-order valence-corrected chi connectivity index (χ2v) is 5.85.